The Kier molecular flexibility index (Phi) is 5.10. The highest BCUT2D eigenvalue weighted by Crippen LogP contribution is 2.16. The minimum atomic E-state index is -0.487. The topological polar surface area (TPSA) is 81.5 Å². The molecule has 0 bridgehead atoms. The van der Waals surface area contributed by atoms with Gasteiger partial charge >= 0.3 is 0 Å². The number of nitro benzene ring substituents is 1. The molecule has 1 N–H and O–H groups in total. The van der Waals surface area contributed by atoms with Gasteiger partial charge in [0, 0.05) is 18.2 Å². The van der Waals surface area contributed by atoms with Crippen LogP contribution in [0.1, 0.15) is 20.3 Å². The lowest BCUT2D eigenvalue weighted by Gasteiger charge is -2.11. The highest BCUT2D eigenvalue weighted by atomic mass is 16.6. The molecule has 1 aromatic rings. The van der Waals surface area contributed by atoms with Gasteiger partial charge in [0.15, 0.2) is 6.61 Å². The van der Waals surface area contributed by atoms with Gasteiger partial charge in [-0.25, -0.2) is 0 Å². The summed E-state index contributed by atoms with van der Waals surface area (Å²) in [7, 11) is 0. The molecule has 0 radical (unpaired) electrons. The molecular weight excluding hydrogens is 236 g/mol. The van der Waals surface area contributed by atoms with Gasteiger partial charge in [-0.2, -0.15) is 0 Å². The Morgan fingerprint density at radius 2 is 2.06 bits per heavy atom. The number of amides is 1. The van der Waals surface area contributed by atoms with E-state index in [9.17, 15) is 14.9 Å². The van der Waals surface area contributed by atoms with E-state index in [1.54, 1.807) is 0 Å². The molecule has 0 fully saturated rings. The Bertz CT molecular complexity index is 417. The molecule has 0 unspecified atom stereocenters. The van der Waals surface area contributed by atoms with Crippen molar-refractivity contribution in [2.45, 2.75) is 26.3 Å². The van der Waals surface area contributed by atoms with Crippen molar-refractivity contribution in [2.75, 3.05) is 6.61 Å². The van der Waals surface area contributed by atoms with Crippen molar-refractivity contribution in [3.63, 3.8) is 0 Å². The summed E-state index contributed by atoms with van der Waals surface area (Å²) in [6.07, 6.45) is 0.850. The van der Waals surface area contributed by atoms with E-state index in [2.05, 4.69) is 5.32 Å². The van der Waals surface area contributed by atoms with Crippen molar-refractivity contribution in [2.24, 2.45) is 0 Å². The number of ether oxygens (including phenoxy) is 1. The van der Waals surface area contributed by atoms with Crippen LogP contribution in [0.2, 0.25) is 0 Å². The molecule has 0 saturated heterocycles. The van der Waals surface area contributed by atoms with Gasteiger partial charge in [-0.05, 0) is 25.5 Å². The van der Waals surface area contributed by atoms with E-state index < -0.39 is 4.92 Å². The smallest absolute Gasteiger partial charge is 0.269 e. The van der Waals surface area contributed by atoms with Crippen molar-refractivity contribution in [3.05, 3.63) is 34.4 Å². The van der Waals surface area contributed by atoms with Crippen LogP contribution in [-0.4, -0.2) is 23.5 Å². The lowest BCUT2D eigenvalue weighted by Crippen LogP contribution is -2.35. The largest absolute Gasteiger partial charge is 0.484 e. The van der Waals surface area contributed by atoms with Gasteiger partial charge in [-0.1, -0.05) is 6.92 Å². The van der Waals surface area contributed by atoms with Crippen LogP contribution >= 0.6 is 0 Å². The first kappa shape index (κ1) is 14.0. The summed E-state index contributed by atoms with van der Waals surface area (Å²) in [5.41, 5.74) is -0.00796. The highest BCUT2D eigenvalue weighted by molar-refractivity contribution is 5.77. The maximum absolute atomic E-state index is 11.4. The summed E-state index contributed by atoms with van der Waals surface area (Å²) in [5.74, 6) is 0.225. The maximum Gasteiger partial charge on any atom is 0.269 e. The number of hydrogen-bond acceptors (Lipinski definition) is 4. The summed E-state index contributed by atoms with van der Waals surface area (Å²) in [5, 5.41) is 13.2. The first-order valence-corrected chi connectivity index (χ1v) is 5.69. The van der Waals surface area contributed by atoms with E-state index >= 15 is 0 Å². The van der Waals surface area contributed by atoms with E-state index in [-0.39, 0.29) is 24.2 Å². The molecule has 18 heavy (non-hydrogen) atoms. The Balaban J connectivity index is 2.44. The van der Waals surface area contributed by atoms with Crippen molar-refractivity contribution in [3.8, 4) is 5.75 Å². The minimum Gasteiger partial charge on any atom is -0.484 e. The third kappa shape index (κ3) is 4.40. The predicted octanol–water partition coefficient (Wildman–Crippen LogP) is 1.89. The summed E-state index contributed by atoms with van der Waals surface area (Å²) in [4.78, 5) is 21.4. The van der Waals surface area contributed by atoms with Gasteiger partial charge in [-0.3, -0.25) is 14.9 Å². The zero-order valence-corrected chi connectivity index (χ0v) is 10.4. The van der Waals surface area contributed by atoms with Crippen LogP contribution in [0.4, 0.5) is 5.69 Å². The molecule has 1 rings (SSSR count). The number of carbonyl (C=O) groups excluding carboxylic acids is 1. The number of nitrogens with zero attached hydrogens (tertiary/aromatic N) is 1. The Labute approximate surface area is 105 Å². The molecule has 0 aromatic heterocycles. The molecule has 6 heteroatoms. The van der Waals surface area contributed by atoms with Crippen LogP contribution in [-0.2, 0) is 4.79 Å². The van der Waals surface area contributed by atoms with E-state index in [4.69, 9.17) is 4.74 Å². The van der Waals surface area contributed by atoms with Crippen LogP contribution in [0.25, 0.3) is 0 Å². The maximum atomic E-state index is 11.4. The number of nitrogens with one attached hydrogen (secondary N) is 1. The van der Waals surface area contributed by atoms with Crippen molar-refractivity contribution >= 4 is 11.6 Å². The fourth-order valence-electron chi connectivity index (χ4n) is 1.23. The first-order valence-electron chi connectivity index (χ1n) is 5.69. The second kappa shape index (κ2) is 6.58. The summed E-state index contributed by atoms with van der Waals surface area (Å²) in [6.45, 7) is 3.79. The lowest BCUT2D eigenvalue weighted by molar-refractivity contribution is -0.384. The summed E-state index contributed by atoms with van der Waals surface area (Å²) in [6, 6.07) is 5.71. The number of carbonyl (C=O) groups is 1. The normalized spacial score (nSPS) is 11.7. The fraction of sp³-hybridized carbons (Fsp3) is 0.417. The van der Waals surface area contributed by atoms with Gasteiger partial charge in [0.25, 0.3) is 11.6 Å². The molecule has 6 nitrogen and oxygen atoms in total. The standard InChI is InChI=1S/C12H16N2O4/c1-3-9(2)13-12(15)8-18-11-6-4-10(5-7-11)14(16)17/h4-7,9H,3,8H2,1-2H3,(H,13,15)/t9-/m1/s1. The summed E-state index contributed by atoms with van der Waals surface area (Å²) >= 11 is 0. The summed E-state index contributed by atoms with van der Waals surface area (Å²) < 4.78 is 5.21. The molecule has 0 spiro atoms. The van der Waals surface area contributed by atoms with Crippen LogP contribution in [0.15, 0.2) is 24.3 Å². The van der Waals surface area contributed by atoms with Crippen molar-refractivity contribution < 1.29 is 14.5 Å². The van der Waals surface area contributed by atoms with Gasteiger partial charge < -0.3 is 10.1 Å². The van der Waals surface area contributed by atoms with Gasteiger partial charge in [-0.15, -0.1) is 0 Å². The molecule has 1 aromatic carbocycles. The Hall–Kier alpha value is -2.11. The van der Waals surface area contributed by atoms with Crippen LogP contribution in [0.5, 0.6) is 5.75 Å². The minimum absolute atomic E-state index is 0.00796. The average molecular weight is 252 g/mol. The Morgan fingerprint density at radius 1 is 1.44 bits per heavy atom. The molecule has 0 saturated carbocycles. The SMILES string of the molecule is CC[C@@H](C)NC(=O)COc1ccc([N+](=O)[O-])cc1. The third-order valence-corrected chi connectivity index (χ3v) is 2.44. The third-order valence-electron chi connectivity index (χ3n) is 2.44. The molecule has 0 aliphatic heterocycles. The first-order chi connectivity index (χ1) is 8.52. The average Bonchev–Trinajstić information content (AvgIpc) is 2.36. The molecule has 0 aliphatic carbocycles. The number of nitro groups is 1. The quantitative estimate of drug-likeness (QED) is 0.619. The second-order valence-electron chi connectivity index (χ2n) is 3.92. The van der Waals surface area contributed by atoms with Crippen LogP contribution in [0.3, 0.4) is 0 Å². The van der Waals surface area contributed by atoms with E-state index in [0.717, 1.165) is 6.42 Å². The Morgan fingerprint density at radius 3 is 2.56 bits per heavy atom. The van der Waals surface area contributed by atoms with Crippen molar-refractivity contribution in [1.29, 1.82) is 0 Å². The second-order valence-corrected chi connectivity index (χ2v) is 3.92. The lowest BCUT2D eigenvalue weighted by atomic mass is 10.2. The number of benzene rings is 1. The van der Waals surface area contributed by atoms with E-state index in [1.165, 1.54) is 24.3 Å². The molecule has 98 valence electrons. The molecule has 1 atom stereocenters. The highest BCUT2D eigenvalue weighted by Gasteiger charge is 2.08. The monoisotopic (exact) mass is 252 g/mol. The van der Waals surface area contributed by atoms with Gasteiger partial charge in [0.05, 0.1) is 4.92 Å². The molecular formula is C12H16N2O4. The van der Waals surface area contributed by atoms with Crippen molar-refractivity contribution in [1.82, 2.24) is 5.32 Å². The fourth-order valence-corrected chi connectivity index (χ4v) is 1.23. The van der Waals surface area contributed by atoms with Crippen LogP contribution < -0.4 is 10.1 Å². The number of rotatable bonds is 6. The molecule has 1 amide bonds. The van der Waals surface area contributed by atoms with E-state index in [0.29, 0.717) is 5.75 Å². The van der Waals surface area contributed by atoms with Crippen LogP contribution in [0, 0.1) is 10.1 Å². The number of non-ortho nitro benzene ring substituents is 1. The van der Waals surface area contributed by atoms with Gasteiger partial charge in [0.1, 0.15) is 5.75 Å². The predicted molar refractivity (Wildman–Crippen MR) is 66.5 cm³/mol. The molecule has 0 heterocycles. The van der Waals surface area contributed by atoms with Gasteiger partial charge in [0.2, 0.25) is 0 Å². The zero-order valence-electron chi connectivity index (χ0n) is 10.4. The number of hydrogen-bond donors (Lipinski definition) is 1. The zero-order chi connectivity index (χ0) is 13.5. The molecule has 0 aliphatic rings. The van der Waals surface area contributed by atoms with E-state index in [1.807, 2.05) is 13.8 Å².